The van der Waals surface area contributed by atoms with Gasteiger partial charge in [-0.05, 0) is 37.8 Å². The highest BCUT2D eigenvalue weighted by atomic mass is 16.5. The molecule has 0 saturated carbocycles. The molecule has 1 spiro atoms. The molecule has 0 radical (unpaired) electrons. The normalized spacial score (nSPS) is 25.8. The van der Waals surface area contributed by atoms with E-state index in [1.165, 1.54) is 0 Å². The van der Waals surface area contributed by atoms with Gasteiger partial charge in [0.05, 0.1) is 5.60 Å². The first-order valence-electron chi connectivity index (χ1n) is 7.57. The van der Waals surface area contributed by atoms with Crippen LogP contribution in [0.25, 0.3) is 0 Å². The van der Waals surface area contributed by atoms with E-state index in [1.807, 2.05) is 19.1 Å². The lowest BCUT2D eigenvalue weighted by Crippen LogP contribution is -2.45. The quantitative estimate of drug-likeness (QED) is 0.797. The van der Waals surface area contributed by atoms with Crippen LogP contribution in [0.3, 0.4) is 0 Å². The van der Waals surface area contributed by atoms with Crippen LogP contribution in [-0.2, 0) is 15.9 Å². The van der Waals surface area contributed by atoms with Crippen molar-refractivity contribution in [1.29, 1.82) is 0 Å². The summed E-state index contributed by atoms with van der Waals surface area (Å²) < 4.78 is 17.0. The Morgan fingerprint density at radius 2 is 2.10 bits per heavy atom. The van der Waals surface area contributed by atoms with E-state index < -0.39 is 0 Å². The summed E-state index contributed by atoms with van der Waals surface area (Å²) in [6.45, 7) is 4.17. The van der Waals surface area contributed by atoms with Crippen LogP contribution in [0.5, 0.6) is 0 Å². The third-order valence-corrected chi connectivity index (χ3v) is 4.52. The molecule has 0 N–H and O–H groups in total. The highest BCUT2D eigenvalue weighted by Crippen LogP contribution is 2.38. The van der Waals surface area contributed by atoms with Crippen LogP contribution in [0.2, 0.25) is 0 Å². The Labute approximate surface area is 119 Å². The van der Waals surface area contributed by atoms with Gasteiger partial charge in [0.2, 0.25) is 5.78 Å². The largest absolute Gasteiger partial charge is 0.458 e. The fourth-order valence-corrected chi connectivity index (χ4v) is 3.24. The molecule has 3 heterocycles. The highest BCUT2D eigenvalue weighted by molar-refractivity contribution is 5.95. The average molecular weight is 278 g/mol. The van der Waals surface area contributed by atoms with E-state index in [-0.39, 0.29) is 17.3 Å². The topological polar surface area (TPSA) is 48.7 Å². The van der Waals surface area contributed by atoms with E-state index in [9.17, 15) is 4.79 Å². The van der Waals surface area contributed by atoms with Crippen LogP contribution in [0.1, 0.15) is 48.9 Å². The molecular weight excluding hydrogens is 256 g/mol. The fraction of sp³-hybridized carbons (Fsp3) is 0.688. The maximum atomic E-state index is 12.6. The lowest BCUT2D eigenvalue weighted by atomic mass is 9.79. The minimum absolute atomic E-state index is 0.0257. The fourth-order valence-electron chi connectivity index (χ4n) is 3.24. The molecule has 20 heavy (non-hydrogen) atoms. The Hall–Kier alpha value is -1.13. The Morgan fingerprint density at radius 1 is 1.30 bits per heavy atom. The molecule has 2 aliphatic heterocycles. The van der Waals surface area contributed by atoms with Gasteiger partial charge in [0.1, 0.15) is 5.76 Å². The number of ether oxygens (including phenoxy) is 2. The summed E-state index contributed by atoms with van der Waals surface area (Å²) in [6, 6.07) is 3.71. The summed E-state index contributed by atoms with van der Waals surface area (Å²) in [5.41, 5.74) is -0.142. The van der Waals surface area contributed by atoms with Crippen molar-refractivity contribution in [2.24, 2.45) is 5.92 Å². The van der Waals surface area contributed by atoms with Gasteiger partial charge >= 0.3 is 0 Å². The summed E-state index contributed by atoms with van der Waals surface area (Å²) in [5, 5.41) is 0. The average Bonchev–Trinajstić information content (AvgIpc) is 2.96. The van der Waals surface area contributed by atoms with Gasteiger partial charge < -0.3 is 13.9 Å². The summed E-state index contributed by atoms with van der Waals surface area (Å²) in [4.78, 5) is 12.6. The Morgan fingerprint density at radius 3 is 2.80 bits per heavy atom. The van der Waals surface area contributed by atoms with Crippen LogP contribution in [0.4, 0.5) is 0 Å². The van der Waals surface area contributed by atoms with Gasteiger partial charge in [-0.3, -0.25) is 4.79 Å². The Kier molecular flexibility index (Phi) is 3.94. The number of rotatable bonds is 3. The molecule has 1 aromatic rings. The Balaban J connectivity index is 1.71. The number of carbonyl (C=O) groups is 1. The van der Waals surface area contributed by atoms with Crippen LogP contribution in [-0.4, -0.2) is 31.2 Å². The molecule has 2 fully saturated rings. The number of aryl methyl sites for hydroxylation is 1. The molecule has 2 aliphatic rings. The lowest BCUT2D eigenvalue weighted by Gasteiger charge is -2.42. The Bertz CT molecular complexity index is 465. The number of Topliss-reactive ketones (excluding diaryl/α,β-unsaturated/α-hetero) is 1. The van der Waals surface area contributed by atoms with E-state index in [0.29, 0.717) is 12.4 Å². The molecule has 1 aromatic heterocycles. The summed E-state index contributed by atoms with van der Waals surface area (Å²) in [5.74, 6) is 1.55. The van der Waals surface area contributed by atoms with Gasteiger partial charge in [0.15, 0.2) is 5.76 Å². The second kappa shape index (κ2) is 5.70. The zero-order chi connectivity index (χ0) is 14.0. The molecule has 1 unspecified atom stereocenters. The minimum atomic E-state index is -0.142. The van der Waals surface area contributed by atoms with E-state index in [1.54, 1.807) is 0 Å². The predicted octanol–water partition coefficient (Wildman–Crippen LogP) is 3.00. The molecule has 0 aromatic carbocycles. The van der Waals surface area contributed by atoms with E-state index in [2.05, 4.69) is 0 Å². The molecule has 0 bridgehead atoms. The van der Waals surface area contributed by atoms with Crippen molar-refractivity contribution in [2.75, 3.05) is 19.8 Å². The van der Waals surface area contributed by atoms with Crippen molar-refractivity contribution >= 4 is 5.78 Å². The lowest BCUT2D eigenvalue weighted by molar-refractivity contribution is -0.142. The monoisotopic (exact) mass is 278 g/mol. The third-order valence-electron chi connectivity index (χ3n) is 4.52. The van der Waals surface area contributed by atoms with Crippen molar-refractivity contribution in [3.63, 3.8) is 0 Å². The second-order valence-electron chi connectivity index (χ2n) is 5.82. The van der Waals surface area contributed by atoms with E-state index in [0.717, 1.165) is 51.1 Å². The van der Waals surface area contributed by atoms with E-state index >= 15 is 0 Å². The van der Waals surface area contributed by atoms with Crippen molar-refractivity contribution < 1.29 is 18.7 Å². The second-order valence-corrected chi connectivity index (χ2v) is 5.82. The van der Waals surface area contributed by atoms with Gasteiger partial charge in [0.25, 0.3) is 0 Å². The number of hydrogen-bond donors (Lipinski definition) is 0. The number of hydrogen-bond acceptors (Lipinski definition) is 4. The van der Waals surface area contributed by atoms with Crippen molar-refractivity contribution in [1.82, 2.24) is 0 Å². The highest BCUT2D eigenvalue weighted by Gasteiger charge is 2.41. The molecule has 2 saturated heterocycles. The molecule has 110 valence electrons. The summed E-state index contributed by atoms with van der Waals surface area (Å²) in [7, 11) is 0. The van der Waals surface area contributed by atoms with Crippen molar-refractivity contribution in [2.45, 2.75) is 44.6 Å². The summed E-state index contributed by atoms with van der Waals surface area (Å²) in [6.07, 6.45) is 4.22. The smallest absolute Gasteiger partial charge is 0.201 e. The van der Waals surface area contributed by atoms with Gasteiger partial charge in [0, 0.05) is 32.2 Å². The number of furan rings is 1. The maximum absolute atomic E-state index is 12.6. The van der Waals surface area contributed by atoms with Crippen molar-refractivity contribution in [3.8, 4) is 0 Å². The minimum Gasteiger partial charge on any atom is -0.458 e. The van der Waals surface area contributed by atoms with Crippen molar-refractivity contribution in [3.05, 3.63) is 23.7 Å². The standard InChI is InChI=1S/C16H22O4/c1-2-13-3-4-14(20-13)15(17)12-5-8-19-16(11-12)6-9-18-10-7-16/h3-4,12H,2,5-11H2,1H3. The zero-order valence-corrected chi connectivity index (χ0v) is 12.0. The molecular formula is C16H22O4. The molecule has 4 nitrogen and oxygen atoms in total. The molecule has 1 atom stereocenters. The first-order chi connectivity index (χ1) is 9.72. The molecule has 0 amide bonds. The van der Waals surface area contributed by atoms with Crippen LogP contribution in [0, 0.1) is 5.92 Å². The van der Waals surface area contributed by atoms with Crippen LogP contribution in [0.15, 0.2) is 16.5 Å². The number of carbonyl (C=O) groups excluding carboxylic acids is 1. The molecule has 0 aliphatic carbocycles. The SMILES string of the molecule is CCc1ccc(C(=O)C2CCOC3(CCOCC3)C2)o1. The van der Waals surface area contributed by atoms with Gasteiger partial charge in [-0.25, -0.2) is 0 Å². The first-order valence-corrected chi connectivity index (χ1v) is 7.57. The van der Waals surface area contributed by atoms with E-state index in [4.69, 9.17) is 13.9 Å². The van der Waals surface area contributed by atoms with Crippen LogP contribution < -0.4 is 0 Å². The zero-order valence-electron chi connectivity index (χ0n) is 12.0. The first kappa shape index (κ1) is 13.8. The molecule has 3 rings (SSSR count). The van der Waals surface area contributed by atoms with Gasteiger partial charge in [-0.1, -0.05) is 6.92 Å². The summed E-state index contributed by atoms with van der Waals surface area (Å²) >= 11 is 0. The molecule has 4 heteroatoms. The third kappa shape index (κ3) is 2.67. The van der Waals surface area contributed by atoms with Gasteiger partial charge in [-0.15, -0.1) is 0 Å². The predicted molar refractivity (Wildman–Crippen MR) is 73.9 cm³/mol. The maximum Gasteiger partial charge on any atom is 0.201 e. The van der Waals surface area contributed by atoms with Gasteiger partial charge in [-0.2, -0.15) is 0 Å². The van der Waals surface area contributed by atoms with Crippen LogP contribution >= 0.6 is 0 Å². The number of ketones is 1.